The summed E-state index contributed by atoms with van der Waals surface area (Å²) < 4.78 is 13.5. The molecule has 0 aromatic heterocycles. The molecule has 0 spiro atoms. The highest BCUT2D eigenvalue weighted by Crippen LogP contribution is 2.20. The maximum absolute atomic E-state index is 13.5. The molecule has 2 rings (SSSR count). The Bertz CT molecular complexity index is 567. The lowest BCUT2D eigenvalue weighted by Gasteiger charge is -2.35. The Kier molecular flexibility index (Phi) is 7.05. The van der Waals surface area contributed by atoms with Crippen LogP contribution in [0.4, 0.5) is 10.1 Å². The van der Waals surface area contributed by atoms with Crippen LogP contribution in [-0.4, -0.2) is 50.8 Å². The molecular weight excluding hydrogens is 317 g/mol. The Labute approximate surface area is 151 Å². The highest BCUT2D eigenvalue weighted by atomic mass is 19.1. The van der Waals surface area contributed by atoms with E-state index in [0.29, 0.717) is 6.04 Å². The molecule has 1 heterocycles. The summed E-state index contributed by atoms with van der Waals surface area (Å²) in [5, 5.41) is 10.3. The van der Waals surface area contributed by atoms with Gasteiger partial charge in [-0.1, -0.05) is 6.07 Å². The SMILES string of the molecule is CN=C(NCCNC(C)(C)C)NC1CCCN(c2cccc(F)c2)C1. The second-order valence-electron chi connectivity index (χ2n) is 7.59. The Balaban J connectivity index is 1.82. The van der Waals surface area contributed by atoms with Crippen molar-refractivity contribution < 1.29 is 4.39 Å². The van der Waals surface area contributed by atoms with Crippen molar-refractivity contribution in [3.05, 3.63) is 30.1 Å². The number of hydrogen-bond donors (Lipinski definition) is 3. The number of aliphatic imine (C=N–C) groups is 1. The Hall–Kier alpha value is -1.82. The van der Waals surface area contributed by atoms with Crippen LogP contribution in [0, 0.1) is 5.82 Å². The van der Waals surface area contributed by atoms with Crippen molar-refractivity contribution in [2.75, 3.05) is 38.1 Å². The molecule has 1 fully saturated rings. The molecule has 0 radical (unpaired) electrons. The van der Waals surface area contributed by atoms with Crippen LogP contribution in [0.2, 0.25) is 0 Å². The van der Waals surface area contributed by atoms with Gasteiger partial charge in [0.05, 0.1) is 0 Å². The van der Waals surface area contributed by atoms with Gasteiger partial charge in [0.1, 0.15) is 5.82 Å². The number of nitrogens with one attached hydrogen (secondary N) is 3. The number of rotatable bonds is 5. The fraction of sp³-hybridized carbons (Fsp3) is 0.632. The molecular formula is C19H32FN5. The lowest BCUT2D eigenvalue weighted by molar-refractivity contribution is 0.426. The summed E-state index contributed by atoms with van der Waals surface area (Å²) in [6, 6.07) is 7.13. The third kappa shape index (κ3) is 6.90. The van der Waals surface area contributed by atoms with E-state index in [-0.39, 0.29) is 11.4 Å². The van der Waals surface area contributed by atoms with Crippen molar-refractivity contribution in [2.45, 2.75) is 45.2 Å². The zero-order valence-corrected chi connectivity index (χ0v) is 15.9. The monoisotopic (exact) mass is 349 g/mol. The summed E-state index contributed by atoms with van der Waals surface area (Å²) in [4.78, 5) is 6.55. The third-order valence-electron chi connectivity index (χ3n) is 4.23. The smallest absolute Gasteiger partial charge is 0.191 e. The predicted octanol–water partition coefficient (Wildman–Crippen LogP) is 2.35. The first-order valence-corrected chi connectivity index (χ1v) is 9.10. The maximum Gasteiger partial charge on any atom is 0.191 e. The van der Waals surface area contributed by atoms with Crippen LogP contribution in [0.1, 0.15) is 33.6 Å². The van der Waals surface area contributed by atoms with Gasteiger partial charge in [0.15, 0.2) is 5.96 Å². The highest BCUT2D eigenvalue weighted by Gasteiger charge is 2.21. The van der Waals surface area contributed by atoms with E-state index in [1.807, 2.05) is 6.07 Å². The van der Waals surface area contributed by atoms with E-state index in [4.69, 9.17) is 0 Å². The lowest BCUT2D eigenvalue weighted by atomic mass is 10.0. The van der Waals surface area contributed by atoms with Crippen molar-refractivity contribution in [1.29, 1.82) is 0 Å². The Morgan fingerprint density at radius 3 is 2.80 bits per heavy atom. The van der Waals surface area contributed by atoms with E-state index in [9.17, 15) is 4.39 Å². The van der Waals surface area contributed by atoms with Gasteiger partial charge in [0, 0.05) is 50.5 Å². The van der Waals surface area contributed by atoms with Crippen molar-refractivity contribution in [1.82, 2.24) is 16.0 Å². The van der Waals surface area contributed by atoms with Crippen molar-refractivity contribution in [3.8, 4) is 0 Å². The summed E-state index contributed by atoms with van der Waals surface area (Å²) in [5.74, 6) is 0.637. The molecule has 25 heavy (non-hydrogen) atoms. The van der Waals surface area contributed by atoms with Crippen LogP contribution in [-0.2, 0) is 0 Å². The minimum atomic E-state index is -0.184. The lowest BCUT2D eigenvalue weighted by Crippen LogP contribution is -2.52. The molecule has 3 N–H and O–H groups in total. The molecule has 1 aromatic rings. The normalized spacial score (nSPS) is 19.0. The number of hydrogen-bond acceptors (Lipinski definition) is 3. The zero-order chi connectivity index (χ0) is 18.3. The second-order valence-corrected chi connectivity index (χ2v) is 7.59. The average Bonchev–Trinajstić information content (AvgIpc) is 2.57. The van der Waals surface area contributed by atoms with Crippen molar-refractivity contribution in [3.63, 3.8) is 0 Å². The van der Waals surface area contributed by atoms with E-state index < -0.39 is 0 Å². The van der Waals surface area contributed by atoms with Gasteiger partial charge < -0.3 is 20.9 Å². The highest BCUT2D eigenvalue weighted by molar-refractivity contribution is 5.80. The van der Waals surface area contributed by atoms with Crippen LogP contribution in [0.25, 0.3) is 0 Å². The number of nitrogens with zero attached hydrogens (tertiary/aromatic N) is 2. The number of benzene rings is 1. The molecule has 1 aromatic carbocycles. The summed E-state index contributed by atoms with van der Waals surface area (Å²) >= 11 is 0. The van der Waals surface area contributed by atoms with E-state index in [1.54, 1.807) is 19.2 Å². The van der Waals surface area contributed by atoms with Crippen LogP contribution in [0.3, 0.4) is 0 Å². The Morgan fingerprint density at radius 2 is 2.12 bits per heavy atom. The number of halogens is 1. The van der Waals surface area contributed by atoms with Gasteiger partial charge in [0.25, 0.3) is 0 Å². The second kappa shape index (κ2) is 9.04. The van der Waals surface area contributed by atoms with E-state index in [2.05, 4.69) is 46.6 Å². The standard InChI is InChI=1S/C19H32FN5/c1-19(2,3)23-11-10-22-18(21-4)24-16-8-6-12-25(14-16)17-9-5-7-15(20)13-17/h5,7,9,13,16,23H,6,8,10-12,14H2,1-4H3,(H2,21,22,24). The minimum Gasteiger partial charge on any atom is -0.369 e. The number of piperidine rings is 1. The zero-order valence-electron chi connectivity index (χ0n) is 15.9. The summed E-state index contributed by atoms with van der Waals surface area (Å²) in [5.41, 5.74) is 1.07. The molecule has 5 nitrogen and oxygen atoms in total. The third-order valence-corrected chi connectivity index (χ3v) is 4.23. The van der Waals surface area contributed by atoms with E-state index >= 15 is 0 Å². The molecule has 1 atom stereocenters. The molecule has 0 bridgehead atoms. The van der Waals surface area contributed by atoms with Gasteiger partial charge in [-0.15, -0.1) is 0 Å². The summed E-state index contributed by atoms with van der Waals surface area (Å²) in [6.07, 6.45) is 2.17. The molecule has 1 aliphatic heterocycles. The van der Waals surface area contributed by atoms with Gasteiger partial charge in [0.2, 0.25) is 0 Å². The van der Waals surface area contributed by atoms with Crippen molar-refractivity contribution >= 4 is 11.6 Å². The first-order chi connectivity index (χ1) is 11.9. The molecule has 1 saturated heterocycles. The van der Waals surface area contributed by atoms with Gasteiger partial charge in [-0.05, 0) is 51.8 Å². The Morgan fingerprint density at radius 1 is 1.32 bits per heavy atom. The fourth-order valence-corrected chi connectivity index (χ4v) is 3.01. The fourth-order valence-electron chi connectivity index (χ4n) is 3.01. The minimum absolute atomic E-state index is 0.119. The molecule has 0 amide bonds. The summed E-state index contributed by atoms with van der Waals surface area (Å²) in [6.45, 7) is 9.98. The number of guanidine groups is 1. The maximum atomic E-state index is 13.5. The largest absolute Gasteiger partial charge is 0.369 e. The molecule has 1 unspecified atom stereocenters. The number of anilines is 1. The molecule has 0 aliphatic carbocycles. The van der Waals surface area contributed by atoms with Gasteiger partial charge in [-0.3, -0.25) is 4.99 Å². The van der Waals surface area contributed by atoms with Crippen LogP contribution < -0.4 is 20.9 Å². The van der Waals surface area contributed by atoms with Gasteiger partial charge >= 0.3 is 0 Å². The van der Waals surface area contributed by atoms with Crippen LogP contribution >= 0.6 is 0 Å². The van der Waals surface area contributed by atoms with E-state index in [0.717, 1.165) is 50.7 Å². The van der Waals surface area contributed by atoms with Gasteiger partial charge in [-0.2, -0.15) is 0 Å². The van der Waals surface area contributed by atoms with Gasteiger partial charge in [-0.25, -0.2) is 4.39 Å². The van der Waals surface area contributed by atoms with Crippen LogP contribution in [0.5, 0.6) is 0 Å². The quantitative estimate of drug-likeness (QED) is 0.434. The molecule has 6 heteroatoms. The predicted molar refractivity (Wildman–Crippen MR) is 104 cm³/mol. The molecule has 0 saturated carbocycles. The average molecular weight is 349 g/mol. The first kappa shape index (κ1) is 19.5. The van der Waals surface area contributed by atoms with Crippen molar-refractivity contribution in [2.24, 2.45) is 4.99 Å². The molecule has 1 aliphatic rings. The topological polar surface area (TPSA) is 51.7 Å². The first-order valence-electron chi connectivity index (χ1n) is 9.10. The van der Waals surface area contributed by atoms with E-state index in [1.165, 1.54) is 6.07 Å². The van der Waals surface area contributed by atoms with Crippen LogP contribution in [0.15, 0.2) is 29.3 Å². The summed E-state index contributed by atoms with van der Waals surface area (Å²) in [7, 11) is 1.79. The molecule has 140 valence electrons.